The summed E-state index contributed by atoms with van der Waals surface area (Å²) in [5.74, 6) is 0.913. The van der Waals surface area contributed by atoms with Gasteiger partial charge in [-0.2, -0.15) is 0 Å². The molecule has 3 nitrogen and oxygen atoms in total. The van der Waals surface area contributed by atoms with Crippen LogP contribution in [0, 0.1) is 20.8 Å². The molecule has 0 aliphatic carbocycles. The molecule has 1 aromatic carbocycles. The fourth-order valence-electron chi connectivity index (χ4n) is 1.97. The first-order valence-electron chi connectivity index (χ1n) is 6.51. The Bertz CT molecular complexity index is 388. The molecule has 1 aromatic rings. The van der Waals surface area contributed by atoms with Gasteiger partial charge in [-0.25, -0.2) is 0 Å². The van der Waals surface area contributed by atoms with E-state index in [4.69, 9.17) is 4.74 Å². The molecular weight excluding hydrogens is 226 g/mol. The third-order valence-electron chi connectivity index (χ3n) is 2.99. The number of aliphatic hydroxyl groups excluding tert-OH is 1. The van der Waals surface area contributed by atoms with E-state index in [0.717, 1.165) is 5.75 Å². The van der Waals surface area contributed by atoms with Crippen LogP contribution >= 0.6 is 0 Å². The van der Waals surface area contributed by atoms with Gasteiger partial charge in [0, 0.05) is 6.04 Å². The second-order valence-electron chi connectivity index (χ2n) is 5.22. The topological polar surface area (TPSA) is 41.5 Å². The summed E-state index contributed by atoms with van der Waals surface area (Å²) in [5, 5.41) is 12.6. The van der Waals surface area contributed by atoms with Crippen molar-refractivity contribution in [3.8, 4) is 5.75 Å². The Hall–Kier alpha value is -1.06. The standard InChI is InChI=1S/C15H25NO2/c1-10(2)16-14(8-17)9-18-15-7-11(3)6-12(4)13(15)5/h6-7,10,14,16-17H,8-9H2,1-5H3. The first kappa shape index (κ1) is 15.0. The first-order chi connectivity index (χ1) is 8.43. The highest BCUT2D eigenvalue weighted by Gasteiger charge is 2.11. The molecule has 0 saturated heterocycles. The van der Waals surface area contributed by atoms with E-state index >= 15 is 0 Å². The molecule has 1 rings (SSSR count). The Labute approximate surface area is 110 Å². The molecule has 0 saturated carbocycles. The lowest BCUT2D eigenvalue weighted by molar-refractivity contribution is 0.176. The minimum atomic E-state index is -0.0229. The highest BCUT2D eigenvalue weighted by Crippen LogP contribution is 2.23. The minimum absolute atomic E-state index is 0.0229. The molecule has 3 heteroatoms. The normalized spacial score (nSPS) is 12.8. The molecular formula is C15H25NO2. The highest BCUT2D eigenvalue weighted by molar-refractivity contribution is 5.41. The van der Waals surface area contributed by atoms with Crippen molar-refractivity contribution in [3.63, 3.8) is 0 Å². The molecule has 0 heterocycles. The van der Waals surface area contributed by atoms with Crippen molar-refractivity contribution in [1.82, 2.24) is 5.32 Å². The fourth-order valence-corrected chi connectivity index (χ4v) is 1.97. The van der Waals surface area contributed by atoms with E-state index in [1.165, 1.54) is 16.7 Å². The van der Waals surface area contributed by atoms with E-state index in [1.807, 2.05) is 6.07 Å². The zero-order chi connectivity index (χ0) is 13.7. The van der Waals surface area contributed by atoms with Gasteiger partial charge in [0.25, 0.3) is 0 Å². The maximum Gasteiger partial charge on any atom is 0.122 e. The summed E-state index contributed by atoms with van der Waals surface area (Å²) < 4.78 is 5.83. The van der Waals surface area contributed by atoms with Crippen molar-refractivity contribution < 1.29 is 9.84 Å². The average molecular weight is 251 g/mol. The number of hydrogen-bond donors (Lipinski definition) is 2. The third-order valence-corrected chi connectivity index (χ3v) is 2.99. The SMILES string of the molecule is Cc1cc(C)c(C)c(OCC(CO)NC(C)C)c1. The van der Waals surface area contributed by atoms with Crippen molar-refractivity contribution in [2.45, 2.75) is 46.7 Å². The quantitative estimate of drug-likeness (QED) is 0.815. The van der Waals surface area contributed by atoms with Gasteiger partial charge in [0.1, 0.15) is 12.4 Å². The summed E-state index contributed by atoms with van der Waals surface area (Å²) in [4.78, 5) is 0. The molecule has 0 amide bonds. The number of benzene rings is 1. The van der Waals surface area contributed by atoms with Gasteiger partial charge in [-0.15, -0.1) is 0 Å². The van der Waals surface area contributed by atoms with E-state index in [2.05, 4.69) is 46.0 Å². The van der Waals surface area contributed by atoms with E-state index in [1.54, 1.807) is 0 Å². The maximum absolute atomic E-state index is 9.29. The summed E-state index contributed by atoms with van der Waals surface area (Å²) in [6.07, 6.45) is 0. The predicted molar refractivity (Wildman–Crippen MR) is 75.3 cm³/mol. The fraction of sp³-hybridized carbons (Fsp3) is 0.600. The number of ether oxygens (including phenoxy) is 1. The van der Waals surface area contributed by atoms with E-state index in [9.17, 15) is 5.11 Å². The van der Waals surface area contributed by atoms with Gasteiger partial charge in [-0.05, 0) is 43.5 Å². The first-order valence-corrected chi connectivity index (χ1v) is 6.51. The lowest BCUT2D eigenvalue weighted by atomic mass is 10.1. The summed E-state index contributed by atoms with van der Waals surface area (Å²) in [6, 6.07) is 4.51. The van der Waals surface area contributed by atoms with Crippen LogP contribution in [0.25, 0.3) is 0 Å². The van der Waals surface area contributed by atoms with Crippen LogP contribution < -0.4 is 10.1 Å². The van der Waals surface area contributed by atoms with Gasteiger partial charge in [-0.1, -0.05) is 19.9 Å². The van der Waals surface area contributed by atoms with Crippen LogP contribution in [-0.2, 0) is 0 Å². The number of aryl methyl sites for hydroxylation is 2. The molecule has 0 aliphatic heterocycles. The molecule has 102 valence electrons. The Balaban J connectivity index is 2.67. The number of aliphatic hydroxyl groups is 1. The Morgan fingerprint density at radius 2 is 1.89 bits per heavy atom. The van der Waals surface area contributed by atoms with E-state index in [0.29, 0.717) is 12.6 Å². The van der Waals surface area contributed by atoms with Gasteiger partial charge in [0.05, 0.1) is 12.6 Å². The number of rotatable bonds is 6. The summed E-state index contributed by atoms with van der Waals surface area (Å²) in [5.41, 5.74) is 3.61. The van der Waals surface area contributed by atoms with Crippen LogP contribution in [-0.4, -0.2) is 30.4 Å². The summed E-state index contributed by atoms with van der Waals surface area (Å²) >= 11 is 0. The smallest absolute Gasteiger partial charge is 0.122 e. The molecule has 1 unspecified atom stereocenters. The summed E-state index contributed by atoms with van der Waals surface area (Å²) in [6.45, 7) is 10.9. The van der Waals surface area contributed by atoms with Crippen molar-refractivity contribution in [3.05, 3.63) is 28.8 Å². The van der Waals surface area contributed by atoms with Crippen molar-refractivity contribution in [2.75, 3.05) is 13.2 Å². The molecule has 2 N–H and O–H groups in total. The van der Waals surface area contributed by atoms with Gasteiger partial charge >= 0.3 is 0 Å². The maximum atomic E-state index is 9.29. The van der Waals surface area contributed by atoms with Gasteiger partial charge < -0.3 is 15.2 Å². The molecule has 1 atom stereocenters. The largest absolute Gasteiger partial charge is 0.492 e. The van der Waals surface area contributed by atoms with Crippen LogP contribution in [0.15, 0.2) is 12.1 Å². The second-order valence-corrected chi connectivity index (χ2v) is 5.22. The van der Waals surface area contributed by atoms with E-state index < -0.39 is 0 Å². The minimum Gasteiger partial charge on any atom is -0.492 e. The summed E-state index contributed by atoms with van der Waals surface area (Å²) in [7, 11) is 0. The van der Waals surface area contributed by atoms with Crippen LogP contribution in [0.5, 0.6) is 5.75 Å². The lowest BCUT2D eigenvalue weighted by Gasteiger charge is -2.20. The van der Waals surface area contributed by atoms with Crippen molar-refractivity contribution >= 4 is 0 Å². The molecule has 0 aliphatic rings. The Morgan fingerprint density at radius 1 is 1.22 bits per heavy atom. The predicted octanol–water partition coefficient (Wildman–Crippen LogP) is 2.35. The Morgan fingerprint density at radius 3 is 2.44 bits per heavy atom. The zero-order valence-corrected chi connectivity index (χ0v) is 12.1. The van der Waals surface area contributed by atoms with E-state index in [-0.39, 0.29) is 12.6 Å². The third kappa shape index (κ3) is 4.31. The molecule has 0 fully saturated rings. The van der Waals surface area contributed by atoms with Gasteiger partial charge in [0.2, 0.25) is 0 Å². The molecule has 18 heavy (non-hydrogen) atoms. The van der Waals surface area contributed by atoms with Crippen molar-refractivity contribution in [1.29, 1.82) is 0 Å². The molecule has 0 radical (unpaired) electrons. The van der Waals surface area contributed by atoms with Crippen LogP contribution in [0.1, 0.15) is 30.5 Å². The van der Waals surface area contributed by atoms with Crippen molar-refractivity contribution in [2.24, 2.45) is 0 Å². The average Bonchev–Trinajstić information content (AvgIpc) is 2.29. The molecule has 0 spiro atoms. The second kappa shape index (κ2) is 6.76. The zero-order valence-electron chi connectivity index (χ0n) is 12.1. The lowest BCUT2D eigenvalue weighted by Crippen LogP contribution is -2.41. The van der Waals surface area contributed by atoms with Crippen LogP contribution in [0.3, 0.4) is 0 Å². The van der Waals surface area contributed by atoms with Gasteiger partial charge in [-0.3, -0.25) is 0 Å². The van der Waals surface area contributed by atoms with Crippen LogP contribution in [0.2, 0.25) is 0 Å². The molecule has 0 aromatic heterocycles. The number of hydrogen-bond acceptors (Lipinski definition) is 3. The Kier molecular flexibility index (Phi) is 5.63. The molecule has 0 bridgehead atoms. The highest BCUT2D eigenvalue weighted by atomic mass is 16.5. The van der Waals surface area contributed by atoms with Gasteiger partial charge in [0.15, 0.2) is 0 Å². The monoisotopic (exact) mass is 251 g/mol. The number of nitrogens with one attached hydrogen (secondary N) is 1. The van der Waals surface area contributed by atoms with Crippen LogP contribution in [0.4, 0.5) is 0 Å².